The Balaban J connectivity index is 2.80. The van der Waals surface area contributed by atoms with Crippen molar-refractivity contribution >= 4 is 0 Å². The molecule has 0 amide bonds. The van der Waals surface area contributed by atoms with E-state index in [4.69, 9.17) is 0 Å². The van der Waals surface area contributed by atoms with Gasteiger partial charge in [-0.3, -0.25) is 0 Å². The maximum atomic E-state index is 10.2. The fourth-order valence-corrected chi connectivity index (χ4v) is 2.07. The zero-order valence-electron chi connectivity index (χ0n) is 10.3. The number of rotatable bonds is 1. The molecule has 0 aliphatic heterocycles. The third-order valence-corrected chi connectivity index (χ3v) is 3.14. The third-order valence-electron chi connectivity index (χ3n) is 3.14. The van der Waals surface area contributed by atoms with Crippen LogP contribution < -0.4 is 0 Å². The van der Waals surface area contributed by atoms with Gasteiger partial charge in [0.2, 0.25) is 0 Å². The van der Waals surface area contributed by atoms with Gasteiger partial charge in [-0.1, -0.05) is 24.3 Å². The number of phenols is 2. The molecule has 2 aromatic rings. The van der Waals surface area contributed by atoms with E-state index in [2.05, 4.69) is 0 Å². The fraction of sp³-hybridized carbons (Fsp3) is 0.200. The topological polar surface area (TPSA) is 40.5 Å². The van der Waals surface area contributed by atoms with E-state index in [1.165, 1.54) is 0 Å². The van der Waals surface area contributed by atoms with Gasteiger partial charge in [0.1, 0.15) is 11.5 Å². The molecular weight excluding hydrogens is 212 g/mol. The van der Waals surface area contributed by atoms with E-state index in [-0.39, 0.29) is 11.5 Å². The maximum Gasteiger partial charge on any atom is 0.126 e. The normalized spacial score (nSPS) is 10.5. The van der Waals surface area contributed by atoms with Crippen LogP contribution in [0.4, 0.5) is 0 Å². The zero-order valence-corrected chi connectivity index (χ0v) is 10.3. The summed E-state index contributed by atoms with van der Waals surface area (Å²) in [5, 5.41) is 20.0. The highest BCUT2D eigenvalue weighted by Gasteiger charge is 2.15. The average Bonchev–Trinajstić information content (AvgIpc) is 2.29. The van der Waals surface area contributed by atoms with Crippen LogP contribution in [0.3, 0.4) is 0 Å². The van der Waals surface area contributed by atoms with Crippen LogP contribution in [0.2, 0.25) is 0 Å². The molecule has 2 aromatic carbocycles. The van der Waals surface area contributed by atoms with Crippen molar-refractivity contribution in [1.82, 2.24) is 0 Å². The zero-order chi connectivity index (χ0) is 12.6. The molecule has 0 radical (unpaired) electrons. The van der Waals surface area contributed by atoms with Crippen LogP contribution in [0.5, 0.6) is 11.5 Å². The molecule has 17 heavy (non-hydrogen) atoms. The molecule has 88 valence electrons. The summed E-state index contributed by atoms with van der Waals surface area (Å²) in [5.74, 6) is 0.466. The van der Waals surface area contributed by atoms with E-state index >= 15 is 0 Å². The van der Waals surface area contributed by atoms with Gasteiger partial charge in [-0.05, 0) is 43.5 Å². The molecule has 2 N–H and O–H groups in total. The first-order valence-corrected chi connectivity index (χ1v) is 5.60. The monoisotopic (exact) mass is 228 g/mol. The van der Waals surface area contributed by atoms with Crippen molar-refractivity contribution in [2.24, 2.45) is 0 Å². The van der Waals surface area contributed by atoms with E-state index in [0.29, 0.717) is 11.1 Å². The summed E-state index contributed by atoms with van der Waals surface area (Å²) in [7, 11) is 0. The van der Waals surface area contributed by atoms with E-state index < -0.39 is 0 Å². The lowest BCUT2D eigenvalue weighted by atomic mass is 9.93. The molecule has 0 unspecified atom stereocenters. The Morgan fingerprint density at radius 1 is 0.882 bits per heavy atom. The molecular formula is C15H16O2. The van der Waals surface area contributed by atoms with Gasteiger partial charge >= 0.3 is 0 Å². The van der Waals surface area contributed by atoms with E-state index in [1.54, 1.807) is 13.0 Å². The largest absolute Gasteiger partial charge is 0.508 e. The van der Waals surface area contributed by atoms with Crippen LogP contribution in [-0.2, 0) is 0 Å². The Bertz CT molecular complexity index is 545. The Morgan fingerprint density at radius 2 is 1.53 bits per heavy atom. The molecule has 0 aliphatic carbocycles. The minimum absolute atomic E-state index is 0.221. The summed E-state index contributed by atoms with van der Waals surface area (Å²) >= 11 is 0. The van der Waals surface area contributed by atoms with Crippen LogP contribution in [0.1, 0.15) is 16.7 Å². The summed E-state index contributed by atoms with van der Waals surface area (Å²) in [6, 6.07) is 9.43. The van der Waals surface area contributed by atoms with Crippen LogP contribution in [0.25, 0.3) is 11.1 Å². The molecule has 0 saturated heterocycles. The lowest BCUT2D eigenvalue weighted by molar-refractivity contribution is 0.455. The predicted molar refractivity (Wildman–Crippen MR) is 69.4 cm³/mol. The first-order chi connectivity index (χ1) is 8.02. The Labute approximate surface area is 101 Å². The molecule has 0 atom stereocenters. The Morgan fingerprint density at radius 3 is 2.18 bits per heavy atom. The molecule has 0 saturated carbocycles. The quantitative estimate of drug-likeness (QED) is 0.731. The van der Waals surface area contributed by atoms with Gasteiger partial charge in [-0.25, -0.2) is 0 Å². The molecule has 0 bridgehead atoms. The Hall–Kier alpha value is -1.96. The number of hydrogen-bond donors (Lipinski definition) is 2. The van der Waals surface area contributed by atoms with Gasteiger partial charge in [0, 0.05) is 11.1 Å². The van der Waals surface area contributed by atoms with E-state index in [0.717, 1.165) is 16.7 Å². The van der Waals surface area contributed by atoms with Gasteiger partial charge in [-0.15, -0.1) is 0 Å². The summed E-state index contributed by atoms with van der Waals surface area (Å²) < 4.78 is 0. The van der Waals surface area contributed by atoms with E-state index in [1.807, 2.05) is 38.1 Å². The van der Waals surface area contributed by atoms with Gasteiger partial charge < -0.3 is 10.2 Å². The van der Waals surface area contributed by atoms with Gasteiger partial charge in [0.25, 0.3) is 0 Å². The van der Waals surface area contributed by atoms with Gasteiger partial charge in [-0.2, -0.15) is 0 Å². The molecule has 2 rings (SSSR count). The predicted octanol–water partition coefficient (Wildman–Crippen LogP) is 3.69. The average molecular weight is 228 g/mol. The smallest absolute Gasteiger partial charge is 0.126 e. The fourth-order valence-electron chi connectivity index (χ4n) is 2.07. The van der Waals surface area contributed by atoms with Crippen molar-refractivity contribution < 1.29 is 10.2 Å². The summed E-state index contributed by atoms with van der Waals surface area (Å²) in [4.78, 5) is 0. The second-order valence-corrected chi connectivity index (χ2v) is 4.38. The molecule has 2 nitrogen and oxygen atoms in total. The molecule has 0 spiro atoms. The second kappa shape index (κ2) is 4.13. The minimum Gasteiger partial charge on any atom is -0.508 e. The van der Waals surface area contributed by atoms with Crippen molar-refractivity contribution in [2.75, 3.05) is 0 Å². The van der Waals surface area contributed by atoms with Crippen LogP contribution in [0.15, 0.2) is 30.3 Å². The summed E-state index contributed by atoms with van der Waals surface area (Å²) in [6.07, 6.45) is 0. The third kappa shape index (κ3) is 1.86. The molecule has 0 aliphatic rings. The highest BCUT2D eigenvalue weighted by Crippen LogP contribution is 2.40. The Kier molecular flexibility index (Phi) is 2.80. The molecule has 0 aromatic heterocycles. The highest BCUT2D eigenvalue weighted by molar-refractivity contribution is 5.79. The van der Waals surface area contributed by atoms with Crippen molar-refractivity contribution in [3.63, 3.8) is 0 Å². The van der Waals surface area contributed by atoms with Crippen molar-refractivity contribution in [2.45, 2.75) is 20.8 Å². The number of hydrogen-bond acceptors (Lipinski definition) is 2. The van der Waals surface area contributed by atoms with Crippen LogP contribution in [0, 0.1) is 20.8 Å². The molecule has 0 heterocycles. The molecule has 2 heteroatoms. The summed E-state index contributed by atoms with van der Waals surface area (Å²) in [6.45, 7) is 5.60. The highest BCUT2D eigenvalue weighted by atomic mass is 16.3. The first kappa shape index (κ1) is 11.5. The second-order valence-electron chi connectivity index (χ2n) is 4.38. The summed E-state index contributed by atoms with van der Waals surface area (Å²) in [5.41, 5.74) is 4.16. The van der Waals surface area contributed by atoms with Gasteiger partial charge in [0.05, 0.1) is 0 Å². The SMILES string of the molecule is Cc1ccccc1-c1c(C)c(O)cc(C)c1O. The molecule has 0 fully saturated rings. The number of aromatic hydroxyl groups is 2. The van der Waals surface area contributed by atoms with Gasteiger partial charge in [0.15, 0.2) is 0 Å². The number of benzene rings is 2. The van der Waals surface area contributed by atoms with Crippen molar-refractivity contribution in [1.29, 1.82) is 0 Å². The van der Waals surface area contributed by atoms with Crippen LogP contribution in [-0.4, -0.2) is 10.2 Å². The first-order valence-electron chi connectivity index (χ1n) is 5.60. The standard InChI is InChI=1S/C15H16O2/c1-9-6-4-5-7-12(9)14-11(3)13(16)8-10(2)15(14)17/h4-8,16-17H,1-3H3. The number of phenolic OH excluding ortho intramolecular Hbond substituents is 2. The van der Waals surface area contributed by atoms with Crippen LogP contribution >= 0.6 is 0 Å². The lowest BCUT2D eigenvalue weighted by Crippen LogP contribution is -1.90. The lowest BCUT2D eigenvalue weighted by Gasteiger charge is -2.14. The van der Waals surface area contributed by atoms with Crippen molar-refractivity contribution in [3.8, 4) is 22.6 Å². The number of aryl methyl sites for hydroxylation is 2. The van der Waals surface area contributed by atoms with E-state index in [9.17, 15) is 10.2 Å². The maximum absolute atomic E-state index is 10.2. The van der Waals surface area contributed by atoms with Crippen molar-refractivity contribution in [3.05, 3.63) is 47.0 Å². The minimum atomic E-state index is 0.221.